The van der Waals surface area contributed by atoms with Crippen molar-refractivity contribution in [3.05, 3.63) is 23.8 Å². The molecule has 4 nitrogen and oxygen atoms in total. The summed E-state index contributed by atoms with van der Waals surface area (Å²) >= 11 is 0. The number of anilines is 2. The SMILES string of the molecule is CNC(=O)c1ccc(N)c(NCCCC(C)C)c1. The van der Waals surface area contributed by atoms with Crippen molar-refractivity contribution in [1.29, 1.82) is 0 Å². The van der Waals surface area contributed by atoms with Gasteiger partial charge in [-0.1, -0.05) is 13.8 Å². The van der Waals surface area contributed by atoms with E-state index >= 15 is 0 Å². The summed E-state index contributed by atoms with van der Waals surface area (Å²) in [4.78, 5) is 11.5. The van der Waals surface area contributed by atoms with E-state index in [0.717, 1.165) is 18.7 Å². The number of amides is 1. The van der Waals surface area contributed by atoms with Crippen molar-refractivity contribution in [2.75, 3.05) is 24.6 Å². The molecule has 0 fully saturated rings. The summed E-state index contributed by atoms with van der Waals surface area (Å²) < 4.78 is 0. The Morgan fingerprint density at radius 1 is 1.39 bits per heavy atom. The first kappa shape index (κ1) is 14.4. The van der Waals surface area contributed by atoms with Crippen molar-refractivity contribution in [3.8, 4) is 0 Å². The van der Waals surface area contributed by atoms with E-state index in [1.54, 1.807) is 25.2 Å². The summed E-state index contributed by atoms with van der Waals surface area (Å²) in [7, 11) is 1.62. The van der Waals surface area contributed by atoms with Gasteiger partial charge in [0.05, 0.1) is 11.4 Å². The highest BCUT2D eigenvalue weighted by molar-refractivity contribution is 5.96. The van der Waals surface area contributed by atoms with Gasteiger partial charge in [0, 0.05) is 19.2 Å². The quantitative estimate of drug-likeness (QED) is 0.536. The average Bonchev–Trinajstić information content (AvgIpc) is 2.35. The fourth-order valence-electron chi connectivity index (χ4n) is 1.73. The Labute approximate surface area is 109 Å². The van der Waals surface area contributed by atoms with E-state index in [1.165, 1.54) is 6.42 Å². The fraction of sp³-hybridized carbons (Fsp3) is 0.500. The molecule has 0 aliphatic heterocycles. The summed E-state index contributed by atoms with van der Waals surface area (Å²) in [6, 6.07) is 5.28. The standard InChI is InChI=1S/C14H23N3O/c1-10(2)5-4-8-17-13-9-11(14(18)16-3)6-7-12(13)15/h6-7,9-10,17H,4-5,8,15H2,1-3H3,(H,16,18). The summed E-state index contributed by atoms with van der Waals surface area (Å²) in [5.74, 6) is 0.613. The molecule has 0 unspecified atom stereocenters. The van der Waals surface area contributed by atoms with Crippen molar-refractivity contribution in [3.63, 3.8) is 0 Å². The lowest BCUT2D eigenvalue weighted by atomic mass is 10.1. The van der Waals surface area contributed by atoms with Crippen LogP contribution in [0, 0.1) is 5.92 Å². The number of hydrogen-bond donors (Lipinski definition) is 3. The molecule has 4 heteroatoms. The molecule has 4 N–H and O–H groups in total. The third kappa shape index (κ3) is 4.28. The van der Waals surface area contributed by atoms with Crippen molar-refractivity contribution >= 4 is 17.3 Å². The van der Waals surface area contributed by atoms with Gasteiger partial charge in [-0.05, 0) is 37.0 Å². The molecule has 1 rings (SSSR count). The van der Waals surface area contributed by atoms with E-state index in [-0.39, 0.29) is 5.91 Å². The summed E-state index contributed by atoms with van der Waals surface area (Å²) in [6.45, 7) is 5.29. The molecule has 0 atom stereocenters. The van der Waals surface area contributed by atoms with Gasteiger partial charge >= 0.3 is 0 Å². The van der Waals surface area contributed by atoms with Crippen LogP contribution in [0.1, 0.15) is 37.0 Å². The van der Waals surface area contributed by atoms with Gasteiger partial charge in [0.2, 0.25) is 0 Å². The molecule has 0 bridgehead atoms. The summed E-state index contributed by atoms with van der Waals surface area (Å²) in [5, 5.41) is 5.89. The van der Waals surface area contributed by atoms with Gasteiger partial charge < -0.3 is 16.4 Å². The average molecular weight is 249 g/mol. The van der Waals surface area contributed by atoms with Crippen LogP contribution >= 0.6 is 0 Å². The van der Waals surface area contributed by atoms with Crippen LogP contribution in [0.3, 0.4) is 0 Å². The minimum atomic E-state index is -0.0970. The fourth-order valence-corrected chi connectivity index (χ4v) is 1.73. The highest BCUT2D eigenvalue weighted by Gasteiger charge is 2.06. The molecular weight excluding hydrogens is 226 g/mol. The van der Waals surface area contributed by atoms with Crippen LogP contribution < -0.4 is 16.4 Å². The maximum atomic E-state index is 11.5. The molecule has 0 aliphatic rings. The number of nitrogens with two attached hydrogens (primary N) is 1. The molecule has 0 saturated carbocycles. The summed E-state index contributed by atoms with van der Waals surface area (Å²) in [5.41, 5.74) is 8.01. The molecule has 100 valence electrons. The van der Waals surface area contributed by atoms with Crippen molar-refractivity contribution in [2.45, 2.75) is 26.7 Å². The normalized spacial score (nSPS) is 10.4. The Kier molecular flexibility index (Phi) is 5.49. The number of nitrogens with one attached hydrogen (secondary N) is 2. The Hall–Kier alpha value is -1.71. The third-order valence-corrected chi connectivity index (χ3v) is 2.82. The number of nitrogen functional groups attached to an aromatic ring is 1. The lowest BCUT2D eigenvalue weighted by molar-refractivity contribution is 0.0963. The van der Waals surface area contributed by atoms with Gasteiger partial charge in [0.15, 0.2) is 0 Å². The van der Waals surface area contributed by atoms with E-state index < -0.39 is 0 Å². The topological polar surface area (TPSA) is 67.2 Å². The largest absolute Gasteiger partial charge is 0.397 e. The Morgan fingerprint density at radius 2 is 2.11 bits per heavy atom. The highest BCUT2D eigenvalue weighted by atomic mass is 16.1. The van der Waals surface area contributed by atoms with E-state index in [9.17, 15) is 4.79 Å². The monoisotopic (exact) mass is 249 g/mol. The molecule has 0 heterocycles. The Morgan fingerprint density at radius 3 is 2.72 bits per heavy atom. The highest BCUT2D eigenvalue weighted by Crippen LogP contribution is 2.20. The summed E-state index contributed by atoms with van der Waals surface area (Å²) in [6.07, 6.45) is 2.28. The molecule has 1 amide bonds. The van der Waals surface area contributed by atoms with E-state index in [2.05, 4.69) is 24.5 Å². The second kappa shape index (κ2) is 6.89. The maximum absolute atomic E-state index is 11.5. The lowest BCUT2D eigenvalue weighted by Gasteiger charge is -2.11. The third-order valence-electron chi connectivity index (χ3n) is 2.82. The predicted molar refractivity (Wildman–Crippen MR) is 76.8 cm³/mol. The molecule has 1 aromatic carbocycles. The Balaban J connectivity index is 2.61. The number of carbonyl (C=O) groups is 1. The number of benzene rings is 1. The van der Waals surface area contributed by atoms with Crippen LogP contribution in [0.25, 0.3) is 0 Å². The first-order valence-electron chi connectivity index (χ1n) is 6.40. The lowest BCUT2D eigenvalue weighted by Crippen LogP contribution is -2.18. The molecule has 0 aliphatic carbocycles. The van der Waals surface area contributed by atoms with Crippen LogP contribution in [0.2, 0.25) is 0 Å². The zero-order valence-corrected chi connectivity index (χ0v) is 11.4. The minimum Gasteiger partial charge on any atom is -0.397 e. The Bertz CT molecular complexity index is 402. The van der Waals surface area contributed by atoms with Crippen LogP contribution in [-0.4, -0.2) is 19.5 Å². The zero-order valence-electron chi connectivity index (χ0n) is 11.4. The smallest absolute Gasteiger partial charge is 0.251 e. The van der Waals surface area contributed by atoms with Gasteiger partial charge in [-0.25, -0.2) is 0 Å². The molecule has 0 spiro atoms. The van der Waals surface area contributed by atoms with Crippen LogP contribution in [-0.2, 0) is 0 Å². The zero-order chi connectivity index (χ0) is 13.5. The molecular formula is C14H23N3O. The number of rotatable bonds is 6. The van der Waals surface area contributed by atoms with Crippen molar-refractivity contribution in [1.82, 2.24) is 5.32 Å². The number of carbonyl (C=O) groups excluding carboxylic acids is 1. The van der Waals surface area contributed by atoms with Crippen LogP contribution in [0.15, 0.2) is 18.2 Å². The van der Waals surface area contributed by atoms with Gasteiger partial charge in [-0.15, -0.1) is 0 Å². The van der Waals surface area contributed by atoms with Crippen LogP contribution in [0.4, 0.5) is 11.4 Å². The first-order chi connectivity index (χ1) is 8.54. The van der Waals surface area contributed by atoms with Gasteiger partial charge in [0.25, 0.3) is 5.91 Å². The minimum absolute atomic E-state index is 0.0970. The van der Waals surface area contributed by atoms with Crippen molar-refractivity contribution < 1.29 is 4.79 Å². The van der Waals surface area contributed by atoms with E-state index in [0.29, 0.717) is 17.2 Å². The van der Waals surface area contributed by atoms with E-state index in [1.807, 2.05) is 0 Å². The van der Waals surface area contributed by atoms with Gasteiger partial charge in [0.1, 0.15) is 0 Å². The second-order valence-electron chi connectivity index (χ2n) is 4.84. The molecule has 0 saturated heterocycles. The van der Waals surface area contributed by atoms with E-state index in [4.69, 9.17) is 5.73 Å². The second-order valence-corrected chi connectivity index (χ2v) is 4.84. The van der Waals surface area contributed by atoms with Gasteiger partial charge in [-0.3, -0.25) is 4.79 Å². The van der Waals surface area contributed by atoms with Crippen LogP contribution in [0.5, 0.6) is 0 Å². The molecule has 0 aromatic heterocycles. The predicted octanol–water partition coefficient (Wildman–Crippen LogP) is 2.48. The number of hydrogen-bond acceptors (Lipinski definition) is 3. The van der Waals surface area contributed by atoms with Crippen molar-refractivity contribution in [2.24, 2.45) is 5.92 Å². The maximum Gasteiger partial charge on any atom is 0.251 e. The molecule has 0 radical (unpaired) electrons. The first-order valence-corrected chi connectivity index (χ1v) is 6.40. The molecule has 1 aromatic rings. The molecule has 18 heavy (non-hydrogen) atoms. The van der Waals surface area contributed by atoms with Gasteiger partial charge in [-0.2, -0.15) is 0 Å².